The van der Waals surface area contributed by atoms with E-state index >= 15 is 0 Å². The van der Waals surface area contributed by atoms with Crippen molar-refractivity contribution in [2.24, 2.45) is 12.8 Å². The van der Waals surface area contributed by atoms with E-state index < -0.39 is 10.0 Å². The van der Waals surface area contributed by atoms with Gasteiger partial charge >= 0.3 is 0 Å². The predicted octanol–water partition coefficient (Wildman–Crippen LogP) is 0.0525. The van der Waals surface area contributed by atoms with E-state index in [9.17, 15) is 8.42 Å². The Morgan fingerprint density at radius 2 is 2.06 bits per heavy atom. The fraction of sp³-hybridized carbons (Fsp3) is 0.700. The molecule has 0 spiro atoms. The zero-order chi connectivity index (χ0) is 13.2. The molecule has 0 aliphatic rings. The molecule has 6 nitrogen and oxygen atoms in total. The maximum atomic E-state index is 12.1. The summed E-state index contributed by atoms with van der Waals surface area (Å²) in [6.45, 7) is 5.57. The number of hydrogen-bond donors (Lipinski definition) is 2. The number of aryl methyl sites for hydroxylation is 2. The van der Waals surface area contributed by atoms with Crippen molar-refractivity contribution in [3.8, 4) is 0 Å². The van der Waals surface area contributed by atoms with Gasteiger partial charge in [0.05, 0.1) is 11.4 Å². The highest BCUT2D eigenvalue weighted by molar-refractivity contribution is 7.89. The van der Waals surface area contributed by atoms with Gasteiger partial charge in [-0.05, 0) is 20.3 Å². The Morgan fingerprint density at radius 3 is 2.47 bits per heavy atom. The van der Waals surface area contributed by atoms with Crippen LogP contribution in [0.4, 0.5) is 0 Å². The summed E-state index contributed by atoms with van der Waals surface area (Å²) in [5.74, 6) is 0. The molecule has 1 unspecified atom stereocenters. The molecule has 1 atom stereocenters. The van der Waals surface area contributed by atoms with Gasteiger partial charge in [0.25, 0.3) is 0 Å². The first-order chi connectivity index (χ1) is 7.79. The SMILES string of the molecule is CCC(N)CNS(=O)(=O)c1c(C)nn(C)c1C. The van der Waals surface area contributed by atoms with Crippen LogP contribution in [0, 0.1) is 13.8 Å². The Morgan fingerprint density at radius 1 is 1.47 bits per heavy atom. The molecule has 17 heavy (non-hydrogen) atoms. The summed E-state index contributed by atoms with van der Waals surface area (Å²) < 4.78 is 28.2. The lowest BCUT2D eigenvalue weighted by Crippen LogP contribution is -2.37. The van der Waals surface area contributed by atoms with E-state index in [-0.39, 0.29) is 17.5 Å². The summed E-state index contributed by atoms with van der Waals surface area (Å²) in [6, 6.07) is -0.165. The number of nitrogens with one attached hydrogen (secondary N) is 1. The van der Waals surface area contributed by atoms with E-state index in [1.165, 1.54) is 0 Å². The summed E-state index contributed by atoms with van der Waals surface area (Å²) in [6.07, 6.45) is 0.730. The molecular formula is C10H20N4O2S. The van der Waals surface area contributed by atoms with E-state index in [1.54, 1.807) is 25.6 Å². The van der Waals surface area contributed by atoms with Crippen molar-refractivity contribution in [1.82, 2.24) is 14.5 Å². The second-order valence-corrected chi connectivity index (χ2v) is 5.85. The first-order valence-corrected chi connectivity index (χ1v) is 7.03. The van der Waals surface area contributed by atoms with Gasteiger partial charge in [0.2, 0.25) is 10.0 Å². The summed E-state index contributed by atoms with van der Waals surface area (Å²) in [7, 11) is -1.80. The first-order valence-electron chi connectivity index (χ1n) is 5.55. The molecule has 3 N–H and O–H groups in total. The standard InChI is InChI=1S/C10H20N4O2S/c1-5-9(11)6-12-17(15,16)10-7(2)13-14(4)8(10)3/h9,12H,5-6,11H2,1-4H3. The normalized spacial score (nSPS) is 13.9. The molecule has 1 heterocycles. The molecule has 0 aliphatic heterocycles. The summed E-state index contributed by atoms with van der Waals surface area (Å²) in [5, 5.41) is 4.09. The Bertz CT molecular complexity index is 493. The highest BCUT2D eigenvalue weighted by Crippen LogP contribution is 2.17. The van der Waals surface area contributed by atoms with E-state index in [1.807, 2.05) is 6.92 Å². The summed E-state index contributed by atoms with van der Waals surface area (Å²) >= 11 is 0. The molecule has 7 heteroatoms. The fourth-order valence-electron chi connectivity index (χ4n) is 1.58. The third-order valence-electron chi connectivity index (χ3n) is 2.77. The van der Waals surface area contributed by atoms with E-state index in [2.05, 4.69) is 9.82 Å². The maximum Gasteiger partial charge on any atom is 0.244 e. The average Bonchev–Trinajstić information content (AvgIpc) is 2.50. The second-order valence-electron chi connectivity index (χ2n) is 4.14. The molecule has 0 radical (unpaired) electrons. The van der Waals surface area contributed by atoms with Gasteiger partial charge in [-0.1, -0.05) is 6.92 Å². The van der Waals surface area contributed by atoms with Gasteiger partial charge in [-0.15, -0.1) is 0 Å². The lowest BCUT2D eigenvalue weighted by atomic mass is 10.2. The number of nitrogens with two attached hydrogens (primary N) is 1. The Kier molecular flexibility index (Phi) is 4.29. The molecule has 0 fully saturated rings. The van der Waals surface area contributed by atoms with Crippen molar-refractivity contribution in [2.45, 2.75) is 38.1 Å². The molecule has 0 bridgehead atoms. The third-order valence-corrected chi connectivity index (χ3v) is 4.45. The van der Waals surface area contributed by atoms with Crippen LogP contribution < -0.4 is 10.5 Å². The molecule has 1 rings (SSSR count). The molecule has 0 amide bonds. The minimum Gasteiger partial charge on any atom is -0.327 e. The van der Waals surface area contributed by atoms with Gasteiger partial charge in [-0.25, -0.2) is 13.1 Å². The van der Waals surface area contributed by atoms with Crippen molar-refractivity contribution in [3.05, 3.63) is 11.4 Å². The van der Waals surface area contributed by atoms with Crippen molar-refractivity contribution < 1.29 is 8.42 Å². The number of sulfonamides is 1. The van der Waals surface area contributed by atoms with Gasteiger partial charge in [-0.2, -0.15) is 5.10 Å². The largest absolute Gasteiger partial charge is 0.327 e. The van der Waals surface area contributed by atoms with Gasteiger partial charge in [0, 0.05) is 19.6 Å². The molecule has 1 aromatic heterocycles. The number of rotatable bonds is 5. The first kappa shape index (κ1) is 14.1. The van der Waals surface area contributed by atoms with Crippen molar-refractivity contribution in [2.75, 3.05) is 6.54 Å². The van der Waals surface area contributed by atoms with Crippen molar-refractivity contribution in [3.63, 3.8) is 0 Å². The molecule has 0 aliphatic carbocycles. The average molecular weight is 260 g/mol. The summed E-state index contributed by atoms with van der Waals surface area (Å²) in [4.78, 5) is 0.253. The minimum absolute atomic E-state index is 0.165. The van der Waals surface area contributed by atoms with Crippen LogP contribution in [0.15, 0.2) is 4.90 Å². The Balaban J connectivity index is 2.98. The molecule has 0 aromatic carbocycles. The van der Waals surface area contributed by atoms with Crippen LogP contribution >= 0.6 is 0 Å². The van der Waals surface area contributed by atoms with Crippen LogP contribution in [0.1, 0.15) is 24.7 Å². The Labute approximate surface area is 102 Å². The van der Waals surface area contributed by atoms with Gasteiger partial charge in [0.15, 0.2) is 0 Å². The topological polar surface area (TPSA) is 90.0 Å². The minimum atomic E-state index is -3.52. The van der Waals surface area contributed by atoms with Crippen LogP contribution in [0.25, 0.3) is 0 Å². The number of aromatic nitrogens is 2. The third kappa shape index (κ3) is 3.05. The monoisotopic (exact) mass is 260 g/mol. The van der Waals surface area contributed by atoms with Crippen molar-refractivity contribution >= 4 is 10.0 Å². The smallest absolute Gasteiger partial charge is 0.244 e. The lowest BCUT2D eigenvalue weighted by Gasteiger charge is -2.11. The Hall–Kier alpha value is -0.920. The number of hydrogen-bond acceptors (Lipinski definition) is 4. The van der Waals surface area contributed by atoms with Crippen LogP contribution in [0.5, 0.6) is 0 Å². The van der Waals surface area contributed by atoms with Gasteiger partial charge < -0.3 is 5.73 Å². The fourth-order valence-corrected chi connectivity index (χ4v) is 3.10. The van der Waals surface area contributed by atoms with Crippen molar-refractivity contribution in [1.29, 1.82) is 0 Å². The quantitative estimate of drug-likeness (QED) is 0.783. The van der Waals surface area contributed by atoms with Gasteiger partial charge in [0.1, 0.15) is 4.90 Å². The summed E-state index contributed by atoms with van der Waals surface area (Å²) in [5.41, 5.74) is 6.82. The molecular weight excluding hydrogens is 240 g/mol. The highest BCUT2D eigenvalue weighted by Gasteiger charge is 2.23. The second kappa shape index (κ2) is 5.16. The molecule has 0 saturated heterocycles. The molecule has 1 aromatic rings. The van der Waals surface area contributed by atoms with Crippen LogP contribution in [0.2, 0.25) is 0 Å². The number of nitrogens with zero attached hydrogens (tertiary/aromatic N) is 2. The van der Waals surface area contributed by atoms with Crippen LogP contribution in [-0.4, -0.2) is 30.8 Å². The molecule has 0 saturated carbocycles. The van der Waals surface area contributed by atoms with Gasteiger partial charge in [-0.3, -0.25) is 4.68 Å². The zero-order valence-corrected chi connectivity index (χ0v) is 11.5. The van der Waals surface area contributed by atoms with Crippen LogP contribution in [-0.2, 0) is 17.1 Å². The van der Waals surface area contributed by atoms with E-state index in [4.69, 9.17) is 5.73 Å². The lowest BCUT2D eigenvalue weighted by molar-refractivity contribution is 0.562. The highest BCUT2D eigenvalue weighted by atomic mass is 32.2. The maximum absolute atomic E-state index is 12.1. The van der Waals surface area contributed by atoms with E-state index in [0.29, 0.717) is 11.4 Å². The predicted molar refractivity (Wildman–Crippen MR) is 66.1 cm³/mol. The van der Waals surface area contributed by atoms with Crippen LogP contribution in [0.3, 0.4) is 0 Å². The van der Waals surface area contributed by atoms with E-state index in [0.717, 1.165) is 6.42 Å². The molecule has 98 valence electrons. The zero-order valence-electron chi connectivity index (χ0n) is 10.7.